The third kappa shape index (κ3) is 19.8. The zero-order chi connectivity index (χ0) is 40.9. The van der Waals surface area contributed by atoms with Crippen molar-refractivity contribution in [1.82, 2.24) is 0 Å². The lowest BCUT2D eigenvalue weighted by atomic mass is 10.1. The number of ether oxygens (including phenoxy) is 6. The molecule has 0 fully saturated rings. The van der Waals surface area contributed by atoms with Gasteiger partial charge in [-0.05, 0) is 86.3 Å². The third-order valence-electron chi connectivity index (χ3n) is 8.93. The SMILES string of the molecule is C=CC(=O)OCCCCCCCCCCOc1ccc(C(=O)Oc2ccc(OC(=O)c3ccc(OCCCCCCCCCCOC(=O)C=C)cc3)c(F)c2)cc1. The summed E-state index contributed by atoms with van der Waals surface area (Å²) in [6, 6.07) is 16.6. The van der Waals surface area contributed by atoms with Gasteiger partial charge < -0.3 is 28.4 Å². The molecule has 308 valence electrons. The number of hydrogen-bond acceptors (Lipinski definition) is 10. The highest BCUT2D eigenvalue weighted by molar-refractivity contribution is 5.92. The number of rotatable bonds is 30. The van der Waals surface area contributed by atoms with Crippen LogP contribution in [0.15, 0.2) is 92.0 Å². The molecule has 11 heteroatoms. The van der Waals surface area contributed by atoms with Crippen molar-refractivity contribution >= 4 is 23.9 Å². The van der Waals surface area contributed by atoms with E-state index in [0.29, 0.717) is 37.9 Å². The van der Waals surface area contributed by atoms with Crippen molar-refractivity contribution in [2.45, 2.75) is 103 Å². The van der Waals surface area contributed by atoms with E-state index in [-0.39, 0.29) is 34.6 Å². The molecular formula is C46H57FO10. The standard InChI is InChI=1S/C46H57FO10/c1-3-43(48)54-33-19-15-11-7-5-9-13-17-31-52-38-25-21-36(22-26-38)45(50)56-40-29-30-42(41(47)35-40)57-46(51)37-23-27-39(28-24-37)53-32-18-14-10-6-8-12-16-20-34-55-44(49)4-2/h3-4,21-30,35H,1-2,5-20,31-34H2. The molecule has 0 atom stereocenters. The molecule has 0 amide bonds. The van der Waals surface area contributed by atoms with Gasteiger partial charge in [-0.1, -0.05) is 90.2 Å². The van der Waals surface area contributed by atoms with Crippen molar-refractivity contribution in [2.24, 2.45) is 0 Å². The lowest BCUT2D eigenvalue weighted by molar-refractivity contribution is -0.138. The Labute approximate surface area is 336 Å². The van der Waals surface area contributed by atoms with Crippen molar-refractivity contribution in [2.75, 3.05) is 26.4 Å². The summed E-state index contributed by atoms with van der Waals surface area (Å²) in [7, 11) is 0. The molecule has 3 rings (SSSR count). The Kier molecular flexibility index (Phi) is 22.6. The number of halogens is 1. The molecule has 10 nitrogen and oxygen atoms in total. The lowest BCUT2D eigenvalue weighted by Crippen LogP contribution is -2.11. The fourth-order valence-corrected chi connectivity index (χ4v) is 5.70. The van der Waals surface area contributed by atoms with Gasteiger partial charge in [0.05, 0.1) is 37.6 Å². The van der Waals surface area contributed by atoms with E-state index in [0.717, 1.165) is 109 Å². The number of carbonyl (C=O) groups excluding carboxylic acids is 4. The second-order valence-electron chi connectivity index (χ2n) is 13.5. The highest BCUT2D eigenvalue weighted by Gasteiger charge is 2.15. The average molecular weight is 789 g/mol. The number of benzene rings is 3. The minimum Gasteiger partial charge on any atom is -0.494 e. The predicted octanol–water partition coefficient (Wildman–Crippen LogP) is 10.7. The molecule has 0 radical (unpaired) electrons. The van der Waals surface area contributed by atoms with Gasteiger partial charge in [-0.3, -0.25) is 0 Å². The number of hydrogen-bond donors (Lipinski definition) is 0. The van der Waals surface area contributed by atoms with Gasteiger partial charge >= 0.3 is 23.9 Å². The smallest absolute Gasteiger partial charge is 0.343 e. The minimum absolute atomic E-state index is 0.0335. The van der Waals surface area contributed by atoms with Crippen molar-refractivity contribution in [3.63, 3.8) is 0 Å². The highest BCUT2D eigenvalue weighted by Crippen LogP contribution is 2.25. The van der Waals surface area contributed by atoms with E-state index in [9.17, 15) is 23.6 Å². The summed E-state index contributed by atoms with van der Waals surface area (Å²) in [5.41, 5.74) is 0.504. The van der Waals surface area contributed by atoms with E-state index < -0.39 is 17.8 Å². The van der Waals surface area contributed by atoms with Crippen LogP contribution in [-0.4, -0.2) is 50.3 Å². The zero-order valence-corrected chi connectivity index (χ0v) is 33.0. The molecule has 0 aliphatic rings. The van der Waals surface area contributed by atoms with Crippen LogP contribution in [0.25, 0.3) is 0 Å². The molecular weight excluding hydrogens is 731 g/mol. The molecule has 3 aromatic carbocycles. The van der Waals surface area contributed by atoms with Gasteiger partial charge in [-0.2, -0.15) is 0 Å². The Morgan fingerprint density at radius 2 is 0.807 bits per heavy atom. The topological polar surface area (TPSA) is 124 Å². The normalized spacial score (nSPS) is 10.6. The average Bonchev–Trinajstić information content (AvgIpc) is 3.22. The van der Waals surface area contributed by atoms with E-state index in [2.05, 4.69) is 13.2 Å². The lowest BCUT2D eigenvalue weighted by Gasteiger charge is -2.10. The third-order valence-corrected chi connectivity index (χ3v) is 8.93. The first kappa shape index (κ1) is 45.9. The van der Waals surface area contributed by atoms with E-state index in [1.165, 1.54) is 24.3 Å². The van der Waals surface area contributed by atoms with Crippen molar-refractivity contribution in [3.05, 3.63) is 109 Å². The second kappa shape index (κ2) is 28.0. The Balaban J connectivity index is 1.26. The maximum absolute atomic E-state index is 14.9. The van der Waals surface area contributed by atoms with Crippen molar-refractivity contribution < 1.29 is 52.0 Å². The van der Waals surface area contributed by atoms with Gasteiger partial charge in [0.1, 0.15) is 17.2 Å². The first-order valence-corrected chi connectivity index (χ1v) is 20.1. The summed E-state index contributed by atoms with van der Waals surface area (Å²) < 4.78 is 47.0. The van der Waals surface area contributed by atoms with Crippen LogP contribution >= 0.6 is 0 Å². The summed E-state index contributed by atoms with van der Waals surface area (Å²) in [4.78, 5) is 47.4. The molecule has 0 spiro atoms. The van der Waals surface area contributed by atoms with Crippen LogP contribution in [-0.2, 0) is 19.1 Å². The predicted molar refractivity (Wildman–Crippen MR) is 216 cm³/mol. The van der Waals surface area contributed by atoms with E-state index >= 15 is 0 Å². The van der Waals surface area contributed by atoms with Gasteiger partial charge in [-0.15, -0.1) is 0 Å². The molecule has 0 saturated heterocycles. The Morgan fingerprint density at radius 3 is 1.19 bits per heavy atom. The molecule has 0 aliphatic heterocycles. The highest BCUT2D eigenvalue weighted by atomic mass is 19.1. The van der Waals surface area contributed by atoms with Gasteiger partial charge in [0.2, 0.25) is 0 Å². The first-order valence-electron chi connectivity index (χ1n) is 20.1. The second-order valence-corrected chi connectivity index (χ2v) is 13.5. The van der Waals surface area contributed by atoms with Crippen molar-refractivity contribution in [1.29, 1.82) is 0 Å². The molecule has 3 aromatic rings. The largest absolute Gasteiger partial charge is 0.494 e. The summed E-state index contributed by atoms with van der Waals surface area (Å²) in [6.45, 7) is 8.77. The van der Waals surface area contributed by atoms with Gasteiger partial charge in [0.15, 0.2) is 11.6 Å². The summed E-state index contributed by atoms with van der Waals surface area (Å²) in [5.74, 6) is -2.07. The van der Waals surface area contributed by atoms with Crippen LogP contribution in [0.5, 0.6) is 23.0 Å². The minimum atomic E-state index is -0.854. The Morgan fingerprint density at radius 1 is 0.456 bits per heavy atom. The monoisotopic (exact) mass is 788 g/mol. The molecule has 0 bridgehead atoms. The number of unbranched alkanes of at least 4 members (excludes halogenated alkanes) is 14. The van der Waals surface area contributed by atoms with Crippen LogP contribution in [0.3, 0.4) is 0 Å². The summed E-state index contributed by atoms with van der Waals surface area (Å²) >= 11 is 0. The zero-order valence-electron chi connectivity index (χ0n) is 33.0. The molecule has 0 heterocycles. The van der Waals surface area contributed by atoms with Gasteiger partial charge in [-0.25, -0.2) is 23.6 Å². The van der Waals surface area contributed by atoms with Crippen LogP contribution in [0.2, 0.25) is 0 Å². The fraction of sp³-hybridized carbons (Fsp3) is 0.435. The van der Waals surface area contributed by atoms with Crippen molar-refractivity contribution in [3.8, 4) is 23.0 Å². The molecule has 57 heavy (non-hydrogen) atoms. The van der Waals surface area contributed by atoms with Crippen LogP contribution < -0.4 is 18.9 Å². The number of esters is 4. The fourth-order valence-electron chi connectivity index (χ4n) is 5.70. The van der Waals surface area contributed by atoms with E-state index in [1.807, 2.05) is 0 Å². The summed E-state index contributed by atoms with van der Waals surface area (Å²) in [6.07, 6.45) is 19.2. The molecule has 0 aliphatic carbocycles. The van der Waals surface area contributed by atoms with Crippen LogP contribution in [0.4, 0.5) is 4.39 Å². The van der Waals surface area contributed by atoms with Crippen LogP contribution in [0.1, 0.15) is 123 Å². The quantitative estimate of drug-likeness (QED) is 0.0279. The molecule has 0 N–H and O–H groups in total. The maximum atomic E-state index is 14.9. The van der Waals surface area contributed by atoms with E-state index in [1.54, 1.807) is 48.5 Å². The maximum Gasteiger partial charge on any atom is 0.343 e. The van der Waals surface area contributed by atoms with Gasteiger partial charge in [0.25, 0.3) is 0 Å². The number of carbonyl (C=O) groups is 4. The Hall–Kier alpha value is -5.45. The Bertz CT molecular complexity index is 1670. The van der Waals surface area contributed by atoms with E-state index in [4.69, 9.17) is 28.4 Å². The first-order chi connectivity index (χ1) is 27.8. The van der Waals surface area contributed by atoms with Gasteiger partial charge in [0, 0.05) is 18.2 Å². The van der Waals surface area contributed by atoms with Crippen LogP contribution in [0, 0.1) is 5.82 Å². The molecule has 0 saturated carbocycles. The molecule has 0 unspecified atom stereocenters. The summed E-state index contributed by atoms with van der Waals surface area (Å²) in [5, 5.41) is 0. The molecule has 0 aromatic heterocycles.